The minimum atomic E-state index is -3.89. The van der Waals surface area contributed by atoms with Gasteiger partial charge >= 0.3 is 0 Å². The van der Waals surface area contributed by atoms with E-state index in [1.807, 2.05) is 0 Å². The molecule has 2 aromatic heterocycles. The van der Waals surface area contributed by atoms with E-state index >= 15 is 0 Å². The first-order valence-corrected chi connectivity index (χ1v) is 6.37. The smallest absolute Gasteiger partial charge is 0.263 e. The van der Waals surface area contributed by atoms with E-state index < -0.39 is 10.0 Å². The van der Waals surface area contributed by atoms with Crippen molar-refractivity contribution in [2.45, 2.75) is 4.90 Å². The van der Waals surface area contributed by atoms with Crippen LogP contribution in [0.2, 0.25) is 0 Å². The molecule has 0 aromatic carbocycles. The summed E-state index contributed by atoms with van der Waals surface area (Å²) in [4.78, 5) is 3.54. The average Bonchev–Trinajstić information content (AvgIpc) is 2.85. The zero-order valence-electron chi connectivity index (χ0n) is 9.32. The van der Waals surface area contributed by atoms with Gasteiger partial charge in [-0.1, -0.05) is 0 Å². The van der Waals surface area contributed by atoms with Gasteiger partial charge in [0.1, 0.15) is 28.3 Å². The number of H-pyrrole nitrogens is 1. The normalized spacial score (nSPS) is 10.4. The van der Waals surface area contributed by atoms with E-state index in [9.17, 15) is 8.42 Å². The van der Waals surface area contributed by atoms with Gasteiger partial charge in [0.2, 0.25) is 0 Å². The first kappa shape index (κ1) is 12.5. The van der Waals surface area contributed by atoms with Crippen LogP contribution in [0.3, 0.4) is 0 Å². The van der Waals surface area contributed by atoms with Crippen molar-refractivity contribution in [3.63, 3.8) is 0 Å². The summed E-state index contributed by atoms with van der Waals surface area (Å²) in [5.41, 5.74) is 0.184. The van der Waals surface area contributed by atoms with Gasteiger partial charge in [0, 0.05) is 6.20 Å². The fourth-order valence-electron chi connectivity index (χ4n) is 1.25. The number of anilines is 1. The van der Waals surface area contributed by atoms with Gasteiger partial charge in [0.15, 0.2) is 5.82 Å². The molecule has 2 N–H and O–H groups in total. The lowest BCUT2D eigenvalue weighted by Gasteiger charge is -2.05. The van der Waals surface area contributed by atoms with Crippen LogP contribution in [-0.4, -0.2) is 23.6 Å². The Hall–Kier alpha value is -2.91. The van der Waals surface area contributed by atoms with Gasteiger partial charge in [-0.05, 0) is 12.1 Å². The highest BCUT2D eigenvalue weighted by atomic mass is 32.2. The Morgan fingerprint density at radius 1 is 1.21 bits per heavy atom. The van der Waals surface area contributed by atoms with Gasteiger partial charge in [-0.25, -0.2) is 13.4 Å². The summed E-state index contributed by atoms with van der Waals surface area (Å²) >= 11 is 0. The monoisotopic (exact) mass is 274 g/mol. The molecule has 0 amide bonds. The molecular formula is C10H6N6O2S. The van der Waals surface area contributed by atoms with E-state index in [1.165, 1.54) is 18.3 Å². The van der Waals surface area contributed by atoms with Crippen molar-refractivity contribution in [1.82, 2.24) is 15.2 Å². The molecule has 8 nitrogen and oxygen atoms in total. The predicted octanol–water partition coefficient (Wildman–Crippen LogP) is 0.349. The maximum absolute atomic E-state index is 12.0. The molecule has 0 fully saturated rings. The molecule has 0 atom stereocenters. The minimum absolute atomic E-state index is 0.0214. The molecule has 2 aromatic rings. The fraction of sp³-hybridized carbons (Fsp3) is 0. The molecule has 0 unspecified atom stereocenters. The van der Waals surface area contributed by atoms with E-state index in [0.29, 0.717) is 0 Å². The molecule has 0 spiro atoms. The summed E-state index contributed by atoms with van der Waals surface area (Å²) in [7, 11) is -3.89. The van der Waals surface area contributed by atoms with Crippen LogP contribution in [0.5, 0.6) is 0 Å². The Balaban J connectivity index is 2.33. The molecule has 0 saturated carbocycles. The van der Waals surface area contributed by atoms with Gasteiger partial charge in [-0.2, -0.15) is 15.6 Å². The number of nitriles is 2. The molecule has 0 radical (unpaired) electrons. The maximum atomic E-state index is 12.0. The van der Waals surface area contributed by atoms with Crippen LogP contribution < -0.4 is 4.72 Å². The molecule has 94 valence electrons. The van der Waals surface area contributed by atoms with E-state index in [0.717, 1.165) is 6.20 Å². The molecule has 0 saturated heterocycles. The number of rotatable bonds is 3. The van der Waals surface area contributed by atoms with Crippen LogP contribution in [0, 0.1) is 22.7 Å². The highest BCUT2D eigenvalue weighted by Gasteiger charge is 2.17. The lowest BCUT2D eigenvalue weighted by molar-refractivity contribution is 0.600. The van der Waals surface area contributed by atoms with Crippen LogP contribution in [-0.2, 0) is 10.0 Å². The second-order valence-electron chi connectivity index (χ2n) is 3.37. The molecule has 9 heteroatoms. The summed E-state index contributed by atoms with van der Waals surface area (Å²) in [5.74, 6) is -0.0214. The van der Waals surface area contributed by atoms with Crippen LogP contribution in [0.25, 0.3) is 0 Å². The van der Waals surface area contributed by atoms with Crippen LogP contribution >= 0.6 is 0 Å². The van der Waals surface area contributed by atoms with E-state index in [4.69, 9.17) is 10.5 Å². The number of hydrogen-bond acceptors (Lipinski definition) is 6. The summed E-state index contributed by atoms with van der Waals surface area (Å²) in [6.45, 7) is 0. The average molecular weight is 274 g/mol. The van der Waals surface area contributed by atoms with Crippen molar-refractivity contribution in [2.24, 2.45) is 0 Å². The lowest BCUT2D eigenvalue weighted by Crippen LogP contribution is -2.14. The Kier molecular flexibility index (Phi) is 3.14. The summed E-state index contributed by atoms with van der Waals surface area (Å²) in [6, 6.07) is 6.10. The largest absolute Gasteiger partial charge is 0.264 e. The van der Waals surface area contributed by atoms with Gasteiger partial charge in [0.25, 0.3) is 10.0 Å². The van der Waals surface area contributed by atoms with Crippen molar-refractivity contribution >= 4 is 15.8 Å². The number of aromatic nitrogens is 3. The second kappa shape index (κ2) is 4.76. The van der Waals surface area contributed by atoms with Crippen molar-refractivity contribution in [3.05, 3.63) is 35.8 Å². The summed E-state index contributed by atoms with van der Waals surface area (Å²) in [6.07, 6.45) is 2.26. The van der Waals surface area contributed by atoms with Crippen LogP contribution in [0.1, 0.15) is 11.3 Å². The molecule has 0 aliphatic heterocycles. The van der Waals surface area contributed by atoms with Gasteiger partial charge in [-0.15, -0.1) is 0 Å². The number of nitrogens with zero attached hydrogens (tertiary/aromatic N) is 4. The van der Waals surface area contributed by atoms with Crippen molar-refractivity contribution < 1.29 is 8.42 Å². The minimum Gasteiger partial charge on any atom is -0.263 e. The van der Waals surface area contributed by atoms with Crippen molar-refractivity contribution in [2.75, 3.05) is 4.72 Å². The number of aromatic amines is 1. The standard InChI is InChI=1S/C10H6N6O2S/c11-3-7-5-14-15-10(7)16-19(17,18)9-2-1-8(4-12)13-6-9/h1-2,5-6H,(H2,14,15,16). The lowest BCUT2D eigenvalue weighted by atomic mass is 10.4. The Morgan fingerprint density at radius 2 is 2.00 bits per heavy atom. The van der Waals surface area contributed by atoms with E-state index in [2.05, 4.69) is 19.9 Å². The van der Waals surface area contributed by atoms with E-state index in [-0.39, 0.29) is 22.0 Å². The molecular weight excluding hydrogens is 268 g/mol. The Labute approximate surface area is 108 Å². The summed E-state index contributed by atoms with van der Waals surface area (Å²) < 4.78 is 26.1. The third-order valence-corrected chi connectivity index (χ3v) is 3.49. The first-order chi connectivity index (χ1) is 9.06. The molecule has 0 aliphatic carbocycles. The number of hydrogen-bond donors (Lipinski definition) is 2. The SMILES string of the molecule is N#Cc1ccc(S(=O)(=O)Nc2[nH]ncc2C#N)cn1. The Bertz CT molecular complexity index is 779. The third kappa shape index (κ3) is 2.51. The topological polar surface area (TPSA) is 135 Å². The van der Waals surface area contributed by atoms with Gasteiger partial charge < -0.3 is 0 Å². The van der Waals surface area contributed by atoms with Crippen LogP contribution in [0.4, 0.5) is 5.82 Å². The first-order valence-electron chi connectivity index (χ1n) is 4.89. The van der Waals surface area contributed by atoms with E-state index in [1.54, 1.807) is 12.1 Å². The number of sulfonamides is 1. The molecule has 0 aliphatic rings. The fourth-order valence-corrected chi connectivity index (χ4v) is 2.23. The van der Waals surface area contributed by atoms with Gasteiger partial charge in [-0.3, -0.25) is 9.82 Å². The highest BCUT2D eigenvalue weighted by Crippen LogP contribution is 2.16. The zero-order chi connectivity index (χ0) is 13.9. The molecule has 0 bridgehead atoms. The number of pyridine rings is 1. The third-order valence-electron chi connectivity index (χ3n) is 2.16. The second-order valence-corrected chi connectivity index (χ2v) is 5.05. The van der Waals surface area contributed by atoms with Gasteiger partial charge in [0.05, 0.1) is 6.20 Å². The molecule has 19 heavy (non-hydrogen) atoms. The van der Waals surface area contributed by atoms with Crippen molar-refractivity contribution in [1.29, 1.82) is 10.5 Å². The maximum Gasteiger partial charge on any atom is 0.264 e. The molecule has 2 rings (SSSR count). The molecule has 2 heterocycles. The highest BCUT2D eigenvalue weighted by molar-refractivity contribution is 7.92. The Morgan fingerprint density at radius 3 is 2.58 bits per heavy atom. The summed E-state index contributed by atoms with van der Waals surface area (Å²) in [5, 5.41) is 23.3. The predicted molar refractivity (Wildman–Crippen MR) is 63.1 cm³/mol. The quantitative estimate of drug-likeness (QED) is 0.828. The zero-order valence-corrected chi connectivity index (χ0v) is 10.1. The van der Waals surface area contributed by atoms with Crippen LogP contribution in [0.15, 0.2) is 29.4 Å². The van der Waals surface area contributed by atoms with Crippen molar-refractivity contribution in [3.8, 4) is 12.1 Å². The number of nitrogens with one attached hydrogen (secondary N) is 2.